The van der Waals surface area contributed by atoms with Crippen molar-refractivity contribution in [3.63, 3.8) is 0 Å². The molecule has 5 heteroatoms. The van der Waals surface area contributed by atoms with Gasteiger partial charge in [-0.25, -0.2) is 0 Å². The number of rotatable bonds is 6. The molecule has 0 aromatic carbocycles. The van der Waals surface area contributed by atoms with E-state index in [1.165, 1.54) is 0 Å². The summed E-state index contributed by atoms with van der Waals surface area (Å²) < 4.78 is 0. The molecule has 0 radical (unpaired) electrons. The summed E-state index contributed by atoms with van der Waals surface area (Å²) in [4.78, 5) is 2.31. The first-order valence-electron chi connectivity index (χ1n) is 5.34. The molecule has 0 amide bonds. The van der Waals surface area contributed by atoms with E-state index in [1.54, 1.807) is 6.07 Å². The molecule has 0 N–H and O–H groups in total. The lowest BCUT2D eigenvalue weighted by atomic mass is 10.2. The standard InChI is InChI=1S/C11H18ClN3S/c1-4-10(8-16-3)15(2)7-9-5-6-11(12)14-13-9/h5-6,10H,4,7-8H2,1-3H3. The van der Waals surface area contributed by atoms with Gasteiger partial charge in [0, 0.05) is 18.3 Å². The summed E-state index contributed by atoms with van der Waals surface area (Å²) in [6, 6.07) is 4.30. The van der Waals surface area contributed by atoms with Crippen LogP contribution in [0, 0.1) is 0 Å². The second-order valence-electron chi connectivity index (χ2n) is 3.78. The molecule has 0 aliphatic carbocycles. The Kier molecular flexibility index (Phi) is 6.09. The van der Waals surface area contributed by atoms with Crippen molar-refractivity contribution >= 4 is 23.4 Å². The van der Waals surface area contributed by atoms with E-state index in [-0.39, 0.29) is 0 Å². The van der Waals surface area contributed by atoms with Crippen molar-refractivity contribution in [3.8, 4) is 0 Å². The first-order valence-corrected chi connectivity index (χ1v) is 7.11. The van der Waals surface area contributed by atoms with Crippen LogP contribution in [0.2, 0.25) is 5.15 Å². The van der Waals surface area contributed by atoms with Gasteiger partial charge < -0.3 is 0 Å². The number of hydrogen-bond donors (Lipinski definition) is 0. The molecule has 1 aromatic heterocycles. The first kappa shape index (κ1) is 13.7. The van der Waals surface area contributed by atoms with Crippen LogP contribution in [0.15, 0.2) is 12.1 Å². The highest BCUT2D eigenvalue weighted by Crippen LogP contribution is 2.11. The lowest BCUT2D eigenvalue weighted by Crippen LogP contribution is -2.33. The van der Waals surface area contributed by atoms with E-state index in [0.717, 1.165) is 24.4 Å². The third-order valence-electron chi connectivity index (χ3n) is 2.55. The second kappa shape index (κ2) is 7.09. The van der Waals surface area contributed by atoms with Gasteiger partial charge >= 0.3 is 0 Å². The zero-order chi connectivity index (χ0) is 12.0. The van der Waals surface area contributed by atoms with E-state index in [1.807, 2.05) is 17.8 Å². The lowest BCUT2D eigenvalue weighted by Gasteiger charge is -2.25. The average Bonchev–Trinajstić information content (AvgIpc) is 2.29. The lowest BCUT2D eigenvalue weighted by molar-refractivity contribution is 0.244. The van der Waals surface area contributed by atoms with Crippen LogP contribution >= 0.6 is 23.4 Å². The number of nitrogens with zero attached hydrogens (tertiary/aromatic N) is 3. The summed E-state index contributed by atoms with van der Waals surface area (Å²) in [7, 11) is 2.13. The Morgan fingerprint density at radius 2 is 2.19 bits per heavy atom. The molecule has 1 unspecified atom stereocenters. The average molecular weight is 260 g/mol. The predicted octanol–water partition coefficient (Wildman–Crippen LogP) is 2.70. The van der Waals surface area contributed by atoms with Gasteiger partial charge in [0.05, 0.1) is 5.69 Å². The van der Waals surface area contributed by atoms with Crippen molar-refractivity contribution in [3.05, 3.63) is 23.0 Å². The van der Waals surface area contributed by atoms with Crippen LogP contribution in [0.25, 0.3) is 0 Å². The van der Waals surface area contributed by atoms with Crippen molar-refractivity contribution in [1.29, 1.82) is 0 Å². The Morgan fingerprint density at radius 3 is 2.69 bits per heavy atom. The molecule has 0 fully saturated rings. The van der Waals surface area contributed by atoms with Crippen LogP contribution in [-0.4, -0.2) is 40.2 Å². The summed E-state index contributed by atoms with van der Waals surface area (Å²) in [6.45, 7) is 3.04. The van der Waals surface area contributed by atoms with Crippen molar-refractivity contribution in [2.75, 3.05) is 19.1 Å². The Labute approximate surface area is 107 Å². The minimum Gasteiger partial charge on any atom is -0.297 e. The van der Waals surface area contributed by atoms with Crippen LogP contribution in [0.3, 0.4) is 0 Å². The molecule has 0 aliphatic heterocycles. The smallest absolute Gasteiger partial charge is 0.151 e. The monoisotopic (exact) mass is 259 g/mol. The van der Waals surface area contributed by atoms with Gasteiger partial charge in [-0.2, -0.15) is 16.9 Å². The van der Waals surface area contributed by atoms with E-state index >= 15 is 0 Å². The minimum absolute atomic E-state index is 0.447. The Hall–Kier alpha value is -0.320. The van der Waals surface area contributed by atoms with Crippen LogP contribution in [0.5, 0.6) is 0 Å². The molecule has 3 nitrogen and oxygen atoms in total. The maximum absolute atomic E-state index is 5.70. The molecular weight excluding hydrogens is 242 g/mol. The normalized spacial score (nSPS) is 13.1. The maximum Gasteiger partial charge on any atom is 0.151 e. The summed E-state index contributed by atoms with van der Waals surface area (Å²) in [5, 5.41) is 8.36. The maximum atomic E-state index is 5.70. The van der Waals surface area contributed by atoms with E-state index in [2.05, 4.69) is 35.3 Å². The van der Waals surface area contributed by atoms with Gasteiger partial charge in [0.25, 0.3) is 0 Å². The highest BCUT2D eigenvalue weighted by atomic mass is 35.5. The van der Waals surface area contributed by atoms with E-state index in [0.29, 0.717) is 11.2 Å². The molecule has 0 saturated heterocycles. The summed E-state index contributed by atoms with van der Waals surface area (Å²) in [6.07, 6.45) is 3.29. The fraction of sp³-hybridized carbons (Fsp3) is 0.636. The minimum atomic E-state index is 0.447. The molecular formula is C11H18ClN3S. The van der Waals surface area contributed by atoms with Gasteiger partial charge in [0.1, 0.15) is 0 Å². The molecule has 1 heterocycles. The first-order chi connectivity index (χ1) is 7.67. The summed E-state index contributed by atoms with van der Waals surface area (Å²) in [5.74, 6) is 1.15. The molecule has 16 heavy (non-hydrogen) atoms. The fourth-order valence-electron chi connectivity index (χ4n) is 1.56. The van der Waals surface area contributed by atoms with Gasteiger partial charge in [0.15, 0.2) is 5.15 Å². The van der Waals surface area contributed by atoms with Crippen LogP contribution in [0.1, 0.15) is 19.0 Å². The number of aromatic nitrogens is 2. The quantitative estimate of drug-likeness (QED) is 0.786. The van der Waals surface area contributed by atoms with Gasteiger partial charge in [-0.1, -0.05) is 18.5 Å². The van der Waals surface area contributed by atoms with E-state index in [4.69, 9.17) is 11.6 Å². The van der Waals surface area contributed by atoms with Crippen LogP contribution in [0.4, 0.5) is 0 Å². The largest absolute Gasteiger partial charge is 0.297 e. The van der Waals surface area contributed by atoms with Gasteiger partial charge in [-0.3, -0.25) is 4.90 Å². The third-order valence-corrected chi connectivity index (χ3v) is 3.47. The van der Waals surface area contributed by atoms with Crippen LogP contribution < -0.4 is 0 Å². The number of hydrogen-bond acceptors (Lipinski definition) is 4. The van der Waals surface area contributed by atoms with Gasteiger partial charge in [0.2, 0.25) is 0 Å². The molecule has 0 spiro atoms. The van der Waals surface area contributed by atoms with Crippen molar-refractivity contribution in [2.45, 2.75) is 25.9 Å². The van der Waals surface area contributed by atoms with Crippen molar-refractivity contribution in [2.24, 2.45) is 0 Å². The second-order valence-corrected chi connectivity index (χ2v) is 5.08. The zero-order valence-electron chi connectivity index (χ0n) is 9.98. The van der Waals surface area contributed by atoms with Gasteiger partial charge in [-0.15, -0.1) is 5.10 Å². The Bertz CT molecular complexity index is 305. The SMILES string of the molecule is CCC(CSC)N(C)Cc1ccc(Cl)nn1. The number of thioether (sulfide) groups is 1. The highest BCUT2D eigenvalue weighted by molar-refractivity contribution is 7.98. The molecule has 0 aliphatic rings. The number of halogens is 1. The fourth-order valence-corrected chi connectivity index (χ4v) is 2.54. The summed E-state index contributed by atoms with van der Waals surface area (Å²) >= 11 is 7.57. The van der Waals surface area contributed by atoms with Crippen LogP contribution in [-0.2, 0) is 6.54 Å². The topological polar surface area (TPSA) is 29.0 Å². The molecule has 1 rings (SSSR count). The zero-order valence-corrected chi connectivity index (χ0v) is 11.6. The molecule has 1 atom stereocenters. The Morgan fingerprint density at radius 1 is 1.44 bits per heavy atom. The Balaban J connectivity index is 2.55. The third kappa shape index (κ3) is 4.28. The summed E-state index contributed by atoms with van der Waals surface area (Å²) in [5.41, 5.74) is 0.964. The molecule has 0 bridgehead atoms. The van der Waals surface area contributed by atoms with E-state index in [9.17, 15) is 0 Å². The van der Waals surface area contributed by atoms with Crippen molar-refractivity contribution in [1.82, 2.24) is 15.1 Å². The predicted molar refractivity (Wildman–Crippen MR) is 71.0 cm³/mol. The van der Waals surface area contributed by atoms with Crippen molar-refractivity contribution < 1.29 is 0 Å². The van der Waals surface area contributed by atoms with Gasteiger partial charge in [-0.05, 0) is 31.9 Å². The highest BCUT2D eigenvalue weighted by Gasteiger charge is 2.12. The van der Waals surface area contributed by atoms with E-state index < -0.39 is 0 Å². The molecule has 1 aromatic rings. The molecule has 90 valence electrons. The molecule has 0 saturated carbocycles.